The fraction of sp³-hybridized carbons (Fsp3) is 1.00. The van der Waals surface area contributed by atoms with Crippen LogP contribution in [0.1, 0.15) is 6.92 Å². The smallest absolute Gasteiger partial charge is 0.226 e. The molecule has 5 heteroatoms. The van der Waals surface area contributed by atoms with Gasteiger partial charge in [0.15, 0.2) is 0 Å². The average molecular weight is 150 g/mol. The van der Waals surface area contributed by atoms with E-state index in [-0.39, 0.29) is 5.88 Å². The standard InChI is InChI=1S/C4H10N2O2S/c1-2-6-3-5-9(7,8)4-6/h5H,2-4H2,1H3. The van der Waals surface area contributed by atoms with E-state index < -0.39 is 10.0 Å². The van der Waals surface area contributed by atoms with Crippen LogP contribution in [0.4, 0.5) is 0 Å². The van der Waals surface area contributed by atoms with Gasteiger partial charge in [0, 0.05) is 0 Å². The van der Waals surface area contributed by atoms with E-state index in [1.807, 2.05) is 11.8 Å². The molecule has 0 aromatic carbocycles. The molecule has 1 rings (SSSR count). The molecule has 0 amide bonds. The van der Waals surface area contributed by atoms with Crippen molar-refractivity contribution in [3.05, 3.63) is 0 Å². The minimum atomic E-state index is -2.93. The Morgan fingerprint density at radius 1 is 1.67 bits per heavy atom. The minimum absolute atomic E-state index is 0.156. The molecule has 0 aliphatic carbocycles. The largest absolute Gasteiger partial charge is 0.275 e. The highest BCUT2D eigenvalue weighted by molar-refractivity contribution is 7.89. The van der Waals surface area contributed by atoms with Gasteiger partial charge in [0.25, 0.3) is 0 Å². The lowest BCUT2D eigenvalue weighted by Crippen LogP contribution is -2.20. The summed E-state index contributed by atoms with van der Waals surface area (Å²) in [5.74, 6) is 0.156. The van der Waals surface area contributed by atoms with Gasteiger partial charge < -0.3 is 0 Å². The van der Waals surface area contributed by atoms with Crippen molar-refractivity contribution in [2.75, 3.05) is 19.1 Å². The van der Waals surface area contributed by atoms with E-state index in [1.165, 1.54) is 0 Å². The van der Waals surface area contributed by atoms with E-state index in [2.05, 4.69) is 4.72 Å². The van der Waals surface area contributed by atoms with Crippen LogP contribution in [0.5, 0.6) is 0 Å². The molecule has 1 N–H and O–H groups in total. The van der Waals surface area contributed by atoms with Crippen molar-refractivity contribution >= 4 is 10.0 Å². The second-order valence-electron chi connectivity index (χ2n) is 2.03. The lowest BCUT2D eigenvalue weighted by atomic mass is 10.7. The molecule has 9 heavy (non-hydrogen) atoms. The van der Waals surface area contributed by atoms with E-state index >= 15 is 0 Å². The first kappa shape index (κ1) is 6.98. The van der Waals surface area contributed by atoms with Crippen molar-refractivity contribution in [1.82, 2.24) is 9.62 Å². The molecule has 0 bridgehead atoms. The Hall–Kier alpha value is -0.130. The fourth-order valence-electron chi connectivity index (χ4n) is 0.724. The molecule has 0 unspecified atom stereocenters. The lowest BCUT2D eigenvalue weighted by Gasteiger charge is -2.05. The number of nitrogens with one attached hydrogen (secondary N) is 1. The Kier molecular flexibility index (Phi) is 1.74. The van der Waals surface area contributed by atoms with Crippen molar-refractivity contribution in [3.8, 4) is 0 Å². The van der Waals surface area contributed by atoms with Gasteiger partial charge in [-0.15, -0.1) is 0 Å². The lowest BCUT2D eigenvalue weighted by molar-refractivity contribution is 0.358. The summed E-state index contributed by atoms with van der Waals surface area (Å²) in [4.78, 5) is 1.81. The van der Waals surface area contributed by atoms with Gasteiger partial charge in [0.05, 0.1) is 6.67 Å². The highest BCUT2D eigenvalue weighted by Crippen LogP contribution is 1.99. The molecule has 0 aromatic heterocycles. The Morgan fingerprint density at radius 3 is 2.56 bits per heavy atom. The van der Waals surface area contributed by atoms with E-state index in [1.54, 1.807) is 0 Å². The molecule has 1 fully saturated rings. The van der Waals surface area contributed by atoms with Gasteiger partial charge in [-0.2, -0.15) is 0 Å². The average Bonchev–Trinajstić information content (AvgIpc) is 2.10. The summed E-state index contributed by atoms with van der Waals surface area (Å²) in [6, 6.07) is 0. The summed E-state index contributed by atoms with van der Waals surface area (Å²) in [6.07, 6.45) is 0. The molecule has 4 nitrogen and oxygen atoms in total. The second-order valence-corrected chi connectivity index (χ2v) is 3.81. The summed E-state index contributed by atoms with van der Waals surface area (Å²) in [5.41, 5.74) is 0. The first-order valence-corrected chi connectivity index (χ1v) is 4.49. The molecule has 0 radical (unpaired) electrons. The van der Waals surface area contributed by atoms with E-state index in [0.29, 0.717) is 6.67 Å². The molecule has 0 saturated carbocycles. The second kappa shape index (κ2) is 2.24. The van der Waals surface area contributed by atoms with Crippen molar-refractivity contribution in [1.29, 1.82) is 0 Å². The summed E-state index contributed by atoms with van der Waals surface area (Å²) in [6.45, 7) is 3.19. The molecule has 1 aliphatic heterocycles. The molecule has 0 atom stereocenters. The van der Waals surface area contributed by atoms with Crippen molar-refractivity contribution in [3.63, 3.8) is 0 Å². The molecule has 0 aromatic rings. The van der Waals surface area contributed by atoms with Gasteiger partial charge in [-0.25, -0.2) is 13.1 Å². The summed E-state index contributed by atoms with van der Waals surface area (Å²) < 4.78 is 23.7. The van der Waals surface area contributed by atoms with Crippen LogP contribution in [0.2, 0.25) is 0 Å². The predicted octanol–water partition coefficient (Wildman–Crippen LogP) is -0.844. The third kappa shape index (κ3) is 1.64. The van der Waals surface area contributed by atoms with Crippen LogP contribution in [0.25, 0.3) is 0 Å². The van der Waals surface area contributed by atoms with Crippen molar-refractivity contribution < 1.29 is 8.42 Å². The SMILES string of the molecule is CCN1CNS(=O)(=O)C1. The molecule has 0 spiro atoms. The third-order valence-electron chi connectivity index (χ3n) is 1.31. The maximum Gasteiger partial charge on any atom is 0.226 e. The zero-order valence-corrected chi connectivity index (χ0v) is 6.11. The van der Waals surface area contributed by atoms with Gasteiger partial charge in [0.2, 0.25) is 10.0 Å². The number of hydrogen-bond acceptors (Lipinski definition) is 3. The van der Waals surface area contributed by atoms with Gasteiger partial charge in [-0.1, -0.05) is 6.92 Å². The Morgan fingerprint density at radius 2 is 2.33 bits per heavy atom. The number of sulfonamides is 1. The zero-order chi connectivity index (χ0) is 6.91. The van der Waals surface area contributed by atoms with Crippen LogP contribution < -0.4 is 4.72 Å². The van der Waals surface area contributed by atoms with Crippen LogP contribution in [-0.2, 0) is 10.0 Å². The molecule has 54 valence electrons. The maximum atomic E-state index is 10.6. The first-order valence-electron chi connectivity index (χ1n) is 2.84. The van der Waals surface area contributed by atoms with Crippen LogP contribution in [0, 0.1) is 0 Å². The highest BCUT2D eigenvalue weighted by Gasteiger charge is 2.22. The zero-order valence-electron chi connectivity index (χ0n) is 5.29. The van der Waals surface area contributed by atoms with Crippen LogP contribution in [0.3, 0.4) is 0 Å². The summed E-state index contributed by atoms with van der Waals surface area (Å²) in [5, 5.41) is 0. The van der Waals surface area contributed by atoms with Crippen LogP contribution in [-0.4, -0.2) is 32.4 Å². The first-order chi connectivity index (χ1) is 4.14. The van der Waals surface area contributed by atoms with Gasteiger partial charge in [-0.05, 0) is 6.54 Å². The monoisotopic (exact) mass is 150 g/mol. The topological polar surface area (TPSA) is 49.4 Å². The predicted molar refractivity (Wildman–Crippen MR) is 34.2 cm³/mol. The van der Waals surface area contributed by atoms with E-state index in [4.69, 9.17) is 0 Å². The molecule has 1 heterocycles. The summed E-state index contributed by atoms with van der Waals surface area (Å²) in [7, 11) is -2.93. The summed E-state index contributed by atoms with van der Waals surface area (Å²) >= 11 is 0. The minimum Gasteiger partial charge on any atom is -0.275 e. The Labute approximate surface area is 54.9 Å². The fourth-order valence-corrected chi connectivity index (χ4v) is 1.95. The maximum absolute atomic E-state index is 10.6. The van der Waals surface area contributed by atoms with Crippen molar-refractivity contribution in [2.24, 2.45) is 0 Å². The number of nitrogens with zero attached hydrogens (tertiary/aromatic N) is 1. The van der Waals surface area contributed by atoms with Gasteiger partial charge >= 0.3 is 0 Å². The van der Waals surface area contributed by atoms with Crippen LogP contribution >= 0.6 is 0 Å². The molecular formula is C4H10N2O2S. The number of rotatable bonds is 1. The molecule has 1 aliphatic rings. The quantitative estimate of drug-likeness (QED) is 0.530. The number of hydrogen-bond donors (Lipinski definition) is 1. The highest BCUT2D eigenvalue weighted by atomic mass is 32.2. The third-order valence-corrected chi connectivity index (χ3v) is 2.58. The van der Waals surface area contributed by atoms with Gasteiger partial charge in [0.1, 0.15) is 5.88 Å². The molecular weight excluding hydrogens is 140 g/mol. The Balaban J connectivity index is 2.58. The van der Waals surface area contributed by atoms with Crippen molar-refractivity contribution in [2.45, 2.75) is 6.92 Å². The van der Waals surface area contributed by atoms with E-state index in [9.17, 15) is 8.42 Å². The molecule has 1 saturated heterocycles. The van der Waals surface area contributed by atoms with E-state index in [0.717, 1.165) is 6.54 Å². The Bertz CT molecular complexity index is 187. The normalized spacial score (nSPS) is 26.8. The van der Waals surface area contributed by atoms with Crippen LogP contribution in [0.15, 0.2) is 0 Å². The van der Waals surface area contributed by atoms with Gasteiger partial charge in [-0.3, -0.25) is 4.90 Å².